The minimum atomic E-state index is -0.775. The number of para-hydroxylation sites is 1. The molecule has 0 unspecified atom stereocenters. The second kappa shape index (κ2) is 11.1. The number of anilines is 3. The lowest BCUT2D eigenvalue weighted by atomic mass is 10.0. The number of hydrogen-bond acceptors (Lipinski definition) is 7. The van der Waals surface area contributed by atoms with Gasteiger partial charge in [0.1, 0.15) is 17.4 Å². The highest BCUT2D eigenvalue weighted by molar-refractivity contribution is 5.99. The molecule has 9 nitrogen and oxygen atoms in total. The van der Waals surface area contributed by atoms with Crippen molar-refractivity contribution in [3.05, 3.63) is 79.6 Å². The summed E-state index contributed by atoms with van der Waals surface area (Å²) < 4.78 is 0. The summed E-state index contributed by atoms with van der Waals surface area (Å²) in [7, 11) is 3.11. The molecule has 190 valence electrons. The van der Waals surface area contributed by atoms with Crippen LogP contribution in [0.3, 0.4) is 0 Å². The van der Waals surface area contributed by atoms with E-state index in [9.17, 15) is 24.3 Å². The molecule has 0 saturated carbocycles. The number of phenols is 1. The summed E-state index contributed by atoms with van der Waals surface area (Å²) in [6.45, 7) is 6.09. The first kappa shape index (κ1) is 26.5. The standard InChI is InChI=1S/C27H32N4O5/c1-15(2)20(26(35)28-14-13-17-11-9-16(3)10-12-17)30-22-21(24(33)25(22)34)29-19-8-6-7-18(23(19)32)27(36)31(4)5/h6-12,15,20,29-30,32H,13-14H2,1-5H3,(H,28,35)/t20-/m1/s1. The molecule has 3 rings (SSSR count). The monoisotopic (exact) mass is 492 g/mol. The topological polar surface area (TPSA) is 128 Å². The van der Waals surface area contributed by atoms with Crippen LogP contribution < -0.4 is 26.8 Å². The molecule has 3 aromatic carbocycles. The average Bonchev–Trinajstić information content (AvgIpc) is 2.84. The van der Waals surface area contributed by atoms with Crippen LogP contribution in [-0.4, -0.2) is 48.5 Å². The van der Waals surface area contributed by atoms with Crippen LogP contribution in [0.5, 0.6) is 5.75 Å². The third-order valence-corrected chi connectivity index (χ3v) is 5.93. The van der Waals surface area contributed by atoms with Gasteiger partial charge in [-0.15, -0.1) is 0 Å². The Labute approximate surface area is 209 Å². The molecule has 0 bridgehead atoms. The Morgan fingerprint density at radius 1 is 0.972 bits per heavy atom. The second-order valence-electron chi connectivity index (χ2n) is 9.33. The minimum Gasteiger partial charge on any atom is -0.505 e. The quantitative estimate of drug-likeness (QED) is 0.253. The predicted molar refractivity (Wildman–Crippen MR) is 141 cm³/mol. The summed E-state index contributed by atoms with van der Waals surface area (Å²) in [5.74, 6) is -1.24. The lowest BCUT2D eigenvalue weighted by molar-refractivity contribution is -0.122. The van der Waals surface area contributed by atoms with Gasteiger partial charge in [-0.3, -0.25) is 19.2 Å². The third kappa shape index (κ3) is 5.73. The number of rotatable bonds is 10. The average molecular weight is 493 g/mol. The van der Waals surface area contributed by atoms with Crippen molar-refractivity contribution in [3.63, 3.8) is 0 Å². The van der Waals surface area contributed by atoms with Crippen LogP contribution in [0.25, 0.3) is 0 Å². The van der Waals surface area contributed by atoms with Crippen LogP contribution in [0.15, 0.2) is 52.1 Å². The van der Waals surface area contributed by atoms with Crippen molar-refractivity contribution in [3.8, 4) is 5.75 Å². The third-order valence-electron chi connectivity index (χ3n) is 5.93. The lowest BCUT2D eigenvalue weighted by Crippen LogP contribution is -2.47. The summed E-state index contributed by atoms with van der Waals surface area (Å²) in [5, 5.41) is 19.1. The van der Waals surface area contributed by atoms with Gasteiger partial charge in [0.25, 0.3) is 16.8 Å². The smallest absolute Gasteiger partial charge is 0.257 e. The molecule has 0 fully saturated rings. The SMILES string of the molecule is Cc1ccc(CCNC(=O)[C@H](Nc2c(Nc3cccc(C(=O)N(C)C)c3O)c(=O)c2=O)C(C)C)cc1. The molecule has 3 aromatic rings. The Bertz CT molecular complexity index is 1320. The Morgan fingerprint density at radius 3 is 2.22 bits per heavy atom. The fraction of sp³-hybridized carbons (Fsp3) is 0.333. The molecule has 2 amide bonds. The van der Waals surface area contributed by atoms with Crippen molar-refractivity contribution >= 4 is 28.9 Å². The number of hydrogen-bond donors (Lipinski definition) is 4. The molecule has 0 aromatic heterocycles. The van der Waals surface area contributed by atoms with Crippen LogP contribution in [0.4, 0.5) is 17.1 Å². The van der Waals surface area contributed by atoms with Gasteiger partial charge in [0.15, 0.2) is 5.75 Å². The summed E-state index contributed by atoms with van der Waals surface area (Å²) in [5.41, 5.74) is 0.776. The maximum atomic E-state index is 12.9. The molecule has 1 atom stereocenters. The Kier molecular flexibility index (Phi) is 8.14. The molecule has 0 spiro atoms. The minimum absolute atomic E-state index is 0.0314. The Hall–Kier alpha value is -4.14. The van der Waals surface area contributed by atoms with Crippen molar-refractivity contribution < 1.29 is 14.7 Å². The first-order valence-corrected chi connectivity index (χ1v) is 11.7. The van der Waals surface area contributed by atoms with E-state index < -0.39 is 22.8 Å². The number of carbonyl (C=O) groups excluding carboxylic acids is 2. The van der Waals surface area contributed by atoms with Gasteiger partial charge in [-0.2, -0.15) is 0 Å². The number of nitrogens with one attached hydrogen (secondary N) is 3. The number of nitrogens with zero attached hydrogens (tertiary/aromatic N) is 1. The van der Waals surface area contributed by atoms with E-state index in [4.69, 9.17) is 0 Å². The van der Waals surface area contributed by atoms with Crippen molar-refractivity contribution in [1.29, 1.82) is 0 Å². The maximum absolute atomic E-state index is 12.9. The summed E-state index contributed by atoms with van der Waals surface area (Å²) in [4.78, 5) is 51.2. The fourth-order valence-electron chi connectivity index (χ4n) is 3.73. The number of benzene rings is 2. The summed E-state index contributed by atoms with van der Waals surface area (Å²) in [6.07, 6.45) is 0.658. The molecular weight excluding hydrogens is 460 g/mol. The molecule has 4 N–H and O–H groups in total. The molecule has 0 heterocycles. The fourth-order valence-corrected chi connectivity index (χ4v) is 3.73. The highest BCUT2D eigenvalue weighted by Crippen LogP contribution is 2.32. The van der Waals surface area contributed by atoms with Gasteiger partial charge in [-0.1, -0.05) is 49.7 Å². The normalized spacial score (nSPS) is 11.8. The van der Waals surface area contributed by atoms with Crippen LogP contribution >= 0.6 is 0 Å². The van der Waals surface area contributed by atoms with Gasteiger partial charge in [-0.25, -0.2) is 0 Å². The van der Waals surface area contributed by atoms with Gasteiger partial charge < -0.3 is 26.0 Å². The molecule has 0 aliphatic rings. The number of amides is 2. The maximum Gasteiger partial charge on any atom is 0.257 e. The van der Waals surface area contributed by atoms with E-state index in [2.05, 4.69) is 16.0 Å². The van der Waals surface area contributed by atoms with Crippen LogP contribution in [0, 0.1) is 12.8 Å². The van der Waals surface area contributed by atoms with E-state index in [0.717, 1.165) is 11.1 Å². The van der Waals surface area contributed by atoms with Crippen molar-refractivity contribution in [1.82, 2.24) is 10.2 Å². The first-order chi connectivity index (χ1) is 17.0. The first-order valence-electron chi connectivity index (χ1n) is 11.7. The van der Waals surface area contributed by atoms with Crippen LogP contribution in [0.2, 0.25) is 0 Å². The lowest BCUT2D eigenvalue weighted by Gasteiger charge is -2.25. The van der Waals surface area contributed by atoms with Crippen molar-refractivity contribution in [2.45, 2.75) is 33.2 Å². The van der Waals surface area contributed by atoms with E-state index in [1.165, 1.54) is 17.0 Å². The molecule has 0 aliphatic carbocycles. The van der Waals surface area contributed by atoms with Gasteiger partial charge >= 0.3 is 0 Å². The van der Waals surface area contributed by atoms with Gasteiger partial charge in [-0.05, 0) is 37.0 Å². The molecule has 0 saturated heterocycles. The summed E-state index contributed by atoms with van der Waals surface area (Å²) in [6, 6.07) is 11.8. The highest BCUT2D eigenvalue weighted by atomic mass is 16.3. The largest absolute Gasteiger partial charge is 0.505 e. The number of carbonyl (C=O) groups is 2. The molecule has 9 heteroatoms. The zero-order valence-corrected chi connectivity index (χ0v) is 21.1. The van der Waals surface area contributed by atoms with Crippen molar-refractivity contribution in [2.75, 3.05) is 31.3 Å². The number of aryl methyl sites for hydroxylation is 1. The van der Waals surface area contributed by atoms with E-state index in [1.54, 1.807) is 20.2 Å². The molecule has 0 aliphatic heterocycles. The molecule has 36 heavy (non-hydrogen) atoms. The number of phenolic OH excluding ortho intramolecular Hbond substituents is 1. The van der Waals surface area contributed by atoms with Crippen LogP contribution in [0.1, 0.15) is 35.3 Å². The number of aromatic hydroxyl groups is 1. The molecule has 0 radical (unpaired) electrons. The highest BCUT2D eigenvalue weighted by Gasteiger charge is 2.29. The Balaban J connectivity index is 1.74. The van der Waals surface area contributed by atoms with E-state index >= 15 is 0 Å². The second-order valence-corrected chi connectivity index (χ2v) is 9.33. The zero-order chi connectivity index (χ0) is 26.6. The zero-order valence-electron chi connectivity index (χ0n) is 21.1. The Morgan fingerprint density at radius 2 is 1.61 bits per heavy atom. The van der Waals surface area contributed by atoms with Gasteiger partial charge in [0, 0.05) is 20.6 Å². The van der Waals surface area contributed by atoms with E-state index in [-0.39, 0.29) is 40.2 Å². The van der Waals surface area contributed by atoms with Crippen molar-refractivity contribution in [2.24, 2.45) is 5.92 Å². The van der Waals surface area contributed by atoms with Gasteiger partial charge in [0.2, 0.25) is 5.91 Å². The van der Waals surface area contributed by atoms with E-state index in [0.29, 0.717) is 13.0 Å². The van der Waals surface area contributed by atoms with Gasteiger partial charge in [0.05, 0.1) is 11.3 Å². The predicted octanol–water partition coefficient (Wildman–Crippen LogP) is 2.54. The van der Waals surface area contributed by atoms with E-state index in [1.807, 2.05) is 45.0 Å². The van der Waals surface area contributed by atoms with Crippen LogP contribution in [-0.2, 0) is 11.2 Å². The summed E-state index contributed by atoms with van der Waals surface area (Å²) >= 11 is 0. The molecular formula is C27H32N4O5.